The third kappa shape index (κ3) is 10.3. The number of nitrogens with zero attached hydrogens (tertiary/aromatic N) is 2. The number of hydrogen-bond acceptors (Lipinski definition) is 2. The summed E-state index contributed by atoms with van der Waals surface area (Å²) in [7, 11) is -6.81. The van der Waals surface area contributed by atoms with Crippen LogP contribution in [0.1, 0.15) is 0 Å². The molecule has 0 aliphatic heterocycles. The summed E-state index contributed by atoms with van der Waals surface area (Å²) in [6, 6.07) is 135. The van der Waals surface area contributed by atoms with Crippen LogP contribution < -0.4 is 41.5 Å². The van der Waals surface area contributed by atoms with Crippen molar-refractivity contribution in [3.63, 3.8) is 0 Å². The Bertz CT molecular complexity index is 4080. The highest BCUT2D eigenvalue weighted by molar-refractivity contribution is 7.22. The Kier molecular flexibility index (Phi) is 14.8. The predicted octanol–water partition coefficient (Wildman–Crippen LogP) is 14.9. The van der Waals surface area contributed by atoms with E-state index in [2.05, 4.69) is 364 Å². The molecule has 406 valence electrons. The van der Waals surface area contributed by atoms with Crippen molar-refractivity contribution in [2.24, 2.45) is 0 Å². The van der Waals surface area contributed by atoms with Crippen LogP contribution in [-0.2, 0) is 0 Å². The van der Waals surface area contributed by atoms with E-state index in [1.165, 1.54) is 86.0 Å². The molecule has 0 saturated heterocycles. The Balaban J connectivity index is 1.13. The van der Waals surface area contributed by atoms with Gasteiger partial charge in [-0.1, -0.05) is 358 Å². The van der Waals surface area contributed by atoms with Gasteiger partial charge in [-0.15, -0.1) is 0 Å². The molecule has 1 heterocycles. The van der Waals surface area contributed by atoms with E-state index in [9.17, 15) is 0 Å². The minimum atomic E-state index is -3.41. The molecule has 86 heavy (non-hydrogen) atoms. The van der Waals surface area contributed by atoms with Crippen molar-refractivity contribution in [3.05, 3.63) is 364 Å². The van der Waals surface area contributed by atoms with Gasteiger partial charge in [-0.2, -0.15) is 0 Å². The highest BCUT2D eigenvalue weighted by Gasteiger charge is 2.46. The van der Waals surface area contributed by atoms with Crippen LogP contribution in [0.15, 0.2) is 364 Å². The predicted molar refractivity (Wildman–Crippen MR) is 367 cm³/mol. The molecular formula is C82H60N2Si2. The van der Waals surface area contributed by atoms with Gasteiger partial charge in [0.15, 0.2) is 22.0 Å². The third-order valence-electron chi connectivity index (χ3n) is 17.0. The average Bonchev–Trinajstić information content (AvgIpc) is 0.924. The van der Waals surface area contributed by atoms with E-state index >= 15 is 0 Å². The van der Waals surface area contributed by atoms with Crippen molar-refractivity contribution in [3.8, 4) is 78.4 Å². The van der Waals surface area contributed by atoms with Gasteiger partial charge >= 0.3 is 0 Å². The fourth-order valence-corrected chi connectivity index (χ4v) is 22.5. The standard InChI is InChI=1S/C82H60N2Si2/c1-9-25-61(26-10-1)65-41-49-74(50-42-65)85(72-37-21-7-22-38-72,75-51-43-66(44-52-75)62-27-11-2-12-28-62)78-57-71(81-60-80(69-33-17-5-18-34-69)83-82(84-81)70-35-19-6-20-36-70)58-79(59-78)86(73-39-23-8-24-40-73,76-53-45-67(46-54-76)63-29-13-3-14-30-63)77-55-47-68(48-56-77)64-31-15-4-16-32-64/h1-60H. The molecule has 14 rings (SSSR count). The van der Waals surface area contributed by atoms with E-state index in [-0.39, 0.29) is 0 Å². The van der Waals surface area contributed by atoms with Crippen LogP contribution in [0.5, 0.6) is 0 Å². The maximum absolute atomic E-state index is 5.68. The first kappa shape index (κ1) is 53.4. The maximum Gasteiger partial charge on any atom is 0.179 e. The molecule has 14 aromatic rings. The lowest BCUT2D eigenvalue weighted by molar-refractivity contribution is 1.18. The zero-order valence-corrected chi connectivity index (χ0v) is 49.5. The van der Waals surface area contributed by atoms with Crippen LogP contribution in [-0.4, -0.2) is 26.1 Å². The van der Waals surface area contributed by atoms with Crippen LogP contribution in [0.3, 0.4) is 0 Å². The molecule has 0 aliphatic rings. The van der Waals surface area contributed by atoms with Crippen LogP contribution in [0.25, 0.3) is 78.4 Å². The number of benzene rings is 13. The molecule has 4 heteroatoms. The van der Waals surface area contributed by atoms with Gasteiger partial charge in [0.05, 0.1) is 11.4 Å². The number of hydrogen-bond donors (Lipinski definition) is 0. The summed E-state index contributed by atoms with van der Waals surface area (Å²) in [6.45, 7) is 0. The van der Waals surface area contributed by atoms with Crippen LogP contribution in [0, 0.1) is 0 Å². The Morgan fingerprint density at radius 2 is 0.372 bits per heavy atom. The Morgan fingerprint density at radius 1 is 0.151 bits per heavy atom. The van der Waals surface area contributed by atoms with Crippen molar-refractivity contribution in [1.29, 1.82) is 0 Å². The second-order valence-electron chi connectivity index (χ2n) is 22.0. The van der Waals surface area contributed by atoms with Crippen molar-refractivity contribution < 1.29 is 0 Å². The second-order valence-corrected chi connectivity index (χ2v) is 29.6. The molecule has 0 fully saturated rings. The third-order valence-corrected chi connectivity index (χ3v) is 26.5. The van der Waals surface area contributed by atoms with Gasteiger partial charge in [-0.3, -0.25) is 0 Å². The van der Waals surface area contributed by atoms with Gasteiger partial charge in [-0.05, 0) is 92.1 Å². The van der Waals surface area contributed by atoms with Crippen LogP contribution >= 0.6 is 0 Å². The maximum atomic E-state index is 5.68. The minimum absolute atomic E-state index is 0.674. The normalized spacial score (nSPS) is 11.5. The van der Waals surface area contributed by atoms with E-state index in [0.29, 0.717) is 5.82 Å². The monoisotopic (exact) mass is 1130 g/mol. The van der Waals surface area contributed by atoms with Gasteiger partial charge in [0, 0.05) is 16.7 Å². The summed E-state index contributed by atoms with van der Waals surface area (Å²) in [5.74, 6) is 0.674. The SMILES string of the molecule is c1ccc(-c2ccc([Si](c3ccccc3)(c3ccc(-c4ccccc4)cc3)c3cc(-c4cc(-c5ccccc5)nc(-c5ccccc5)n4)cc([Si](c4ccccc4)(c4ccc(-c5ccccc5)cc4)c4ccc(-c5ccccc5)cc4)c3)cc2)cc1. The molecule has 0 amide bonds. The van der Waals surface area contributed by atoms with Crippen molar-refractivity contribution in [2.75, 3.05) is 0 Å². The molecule has 2 nitrogen and oxygen atoms in total. The van der Waals surface area contributed by atoms with Gasteiger partial charge in [-0.25, -0.2) is 9.97 Å². The van der Waals surface area contributed by atoms with Crippen LogP contribution in [0.4, 0.5) is 0 Å². The van der Waals surface area contributed by atoms with Gasteiger partial charge in [0.25, 0.3) is 0 Å². The lowest BCUT2D eigenvalue weighted by Gasteiger charge is -2.38. The molecule has 0 N–H and O–H groups in total. The van der Waals surface area contributed by atoms with Crippen molar-refractivity contribution >= 4 is 57.6 Å². The van der Waals surface area contributed by atoms with E-state index in [1.807, 2.05) is 0 Å². The van der Waals surface area contributed by atoms with Gasteiger partial charge in [0.1, 0.15) is 0 Å². The molecular weight excluding hydrogens is 1070 g/mol. The highest BCUT2D eigenvalue weighted by atomic mass is 28.3. The quantitative estimate of drug-likeness (QED) is 0.0755. The molecule has 0 bridgehead atoms. The highest BCUT2D eigenvalue weighted by Crippen LogP contribution is 2.30. The summed E-state index contributed by atoms with van der Waals surface area (Å²) in [6.07, 6.45) is 0. The molecule has 0 atom stereocenters. The fraction of sp³-hybridized carbons (Fsp3) is 0. The molecule has 13 aromatic carbocycles. The molecule has 0 spiro atoms. The lowest BCUT2D eigenvalue weighted by atomic mass is 10.1. The first-order chi connectivity index (χ1) is 42.6. The molecule has 1 aromatic heterocycles. The van der Waals surface area contributed by atoms with Crippen LogP contribution in [0.2, 0.25) is 0 Å². The number of rotatable bonds is 15. The van der Waals surface area contributed by atoms with E-state index < -0.39 is 16.1 Å². The lowest BCUT2D eigenvalue weighted by Crippen LogP contribution is -2.78. The Morgan fingerprint density at radius 3 is 0.663 bits per heavy atom. The summed E-state index contributed by atoms with van der Waals surface area (Å²) >= 11 is 0. The molecule has 0 radical (unpaired) electrons. The molecule has 0 saturated carbocycles. The Hall–Kier alpha value is -10.6. The molecule has 0 aliphatic carbocycles. The summed E-state index contributed by atoms with van der Waals surface area (Å²) < 4.78 is 0. The van der Waals surface area contributed by atoms with E-state index in [0.717, 1.165) is 28.1 Å². The van der Waals surface area contributed by atoms with E-state index in [1.54, 1.807) is 0 Å². The zero-order chi connectivity index (χ0) is 57.5. The van der Waals surface area contributed by atoms with E-state index in [4.69, 9.17) is 9.97 Å². The minimum Gasteiger partial charge on any atom is -0.228 e. The first-order valence-electron chi connectivity index (χ1n) is 29.5. The first-order valence-corrected chi connectivity index (χ1v) is 33.5. The second kappa shape index (κ2) is 23.9. The summed E-state index contributed by atoms with van der Waals surface area (Å²) in [4.78, 5) is 11.0. The zero-order valence-electron chi connectivity index (χ0n) is 47.5. The topological polar surface area (TPSA) is 25.8 Å². The smallest absolute Gasteiger partial charge is 0.179 e. The van der Waals surface area contributed by atoms with Gasteiger partial charge in [0.2, 0.25) is 0 Å². The Labute approximate surface area is 506 Å². The summed E-state index contributed by atoms with van der Waals surface area (Å²) in [5, 5.41) is 10.2. The average molecular weight is 1130 g/mol. The van der Waals surface area contributed by atoms with Crippen molar-refractivity contribution in [2.45, 2.75) is 0 Å². The summed E-state index contributed by atoms with van der Waals surface area (Å²) in [5.41, 5.74) is 14.2. The fourth-order valence-electron chi connectivity index (χ4n) is 12.8. The largest absolute Gasteiger partial charge is 0.228 e. The van der Waals surface area contributed by atoms with Crippen molar-refractivity contribution in [1.82, 2.24) is 9.97 Å². The van der Waals surface area contributed by atoms with Gasteiger partial charge < -0.3 is 0 Å². The number of aromatic nitrogens is 2. The molecule has 0 unspecified atom stereocenters.